The van der Waals surface area contributed by atoms with Crippen LogP contribution in [-0.4, -0.2) is 15.0 Å². The second kappa shape index (κ2) is 11.2. The molecular formula is C45H27N3S. The van der Waals surface area contributed by atoms with E-state index < -0.39 is 0 Å². The molecule has 2 aromatic heterocycles. The number of thiophene rings is 1. The van der Waals surface area contributed by atoms with Crippen LogP contribution in [0.5, 0.6) is 0 Å². The normalized spacial score (nSPS) is 11.7. The fourth-order valence-corrected chi connectivity index (χ4v) is 8.23. The topological polar surface area (TPSA) is 38.7 Å². The zero-order chi connectivity index (χ0) is 32.3. The molecule has 49 heavy (non-hydrogen) atoms. The van der Waals surface area contributed by atoms with Gasteiger partial charge in [0.25, 0.3) is 0 Å². The van der Waals surface area contributed by atoms with Crippen LogP contribution in [0.1, 0.15) is 0 Å². The second-order valence-corrected chi connectivity index (χ2v) is 13.5. The van der Waals surface area contributed by atoms with Crippen molar-refractivity contribution in [3.8, 4) is 45.3 Å². The summed E-state index contributed by atoms with van der Waals surface area (Å²) in [7, 11) is 0. The van der Waals surface area contributed by atoms with Gasteiger partial charge in [-0.1, -0.05) is 146 Å². The zero-order valence-electron chi connectivity index (χ0n) is 26.3. The Hall–Kier alpha value is -6.23. The summed E-state index contributed by atoms with van der Waals surface area (Å²) in [5.41, 5.74) is 5.20. The molecule has 3 nitrogen and oxygen atoms in total. The molecule has 0 fully saturated rings. The van der Waals surface area contributed by atoms with Crippen LogP contribution in [-0.2, 0) is 0 Å². The Kier molecular flexibility index (Phi) is 6.36. The molecule has 0 aliphatic heterocycles. The molecule has 4 heteroatoms. The first kappa shape index (κ1) is 27.8. The quantitative estimate of drug-likeness (QED) is 0.180. The molecule has 0 amide bonds. The molecule has 10 aromatic rings. The molecule has 0 saturated carbocycles. The predicted molar refractivity (Wildman–Crippen MR) is 207 cm³/mol. The summed E-state index contributed by atoms with van der Waals surface area (Å²) in [5.74, 6) is 1.96. The van der Waals surface area contributed by atoms with Crippen LogP contribution in [0.15, 0.2) is 164 Å². The number of aromatic nitrogens is 3. The lowest BCUT2D eigenvalue weighted by Crippen LogP contribution is -2.00. The maximum atomic E-state index is 5.07. The van der Waals surface area contributed by atoms with Gasteiger partial charge < -0.3 is 0 Å². The highest BCUT2D eigenvalue weighted by Crippen LogP contribution is 2.43. The molecule has 0 spiro atoms. The summed E-state index contributed by atoms with van der Waals surface area (Å²) in [6, 6.07) is 58.0. The number of nitrogens with zero attached hydrogens (tertiary/aromatic N) is 3. The summed E-state index contributed by atoms with van der Waals surface area (Å²) in [6.45, 7) is 0. The van der Waals surface area contributed by atoms with Crippen LogP contribution in [0.25, 0.3) is 97.8 Å². The minimum Gasteiger partial charge on any atom is -0.208 e. The molecule has 0 saturated heterocycles. The number of benzene rings is 8. The Labute approximate surface area is 286 Å². The average Bonchev–Trinajstić information content (AvgIpc) is 3.57. The highest BCUT2D eigenvalue weighted by molar-refractivity contribution is 7.26. The first-order valence-electron chi connectivity index (χ1n) is 16.4. The van der Waals surface area contributed by atoms with E-state index in [9.17, 15) is 0 Å². The Morgan fingerprint density at radius 2 is 0.816 bits per heavy atom. The van der Waals surface area contributed by atoms with E-state index in [1.165, 1.54) is 52.7 Å². The third-order valence-corrected chi connectivity index (χ3v) is 10.6. The molecule has 0 aliphatic carbocycles. The molecule has 228 valence electrons. The molecule has 8 aromatic carbocycles. The molecule has 0 radical (unpaired) electrons. The zero-order valence-corrected chi connectivity index (χ0v) is 27.2. The van der Waals surface area contributed by atoms with Crippen molar-refractivity contribution >= 4 is 63.8 Å². The molecule has 0 atom stereocenters. The molecule has 0 aliphatic rings. The first-order valence-corrected chi connectivity index (χ1v) is 17.3. The summed E-state index contributed by atoms with van der Waals surface area (Å²) < 4.78 is 2.64. The van der Waals surface area contributed by atoms with Gasteiger partial charge in [-0.05, 0) is 61.6 Å². The van der Waals surface area contributed by atoms with Crippen molar-refractivity contribution < 1.29 is 0 Å². The van der Waals surface area contributed by atoms with E-state index in [0.717, 1.165) is 27.6 Å². The summed E-state index contributed by atoms with van der Waals surface area (Å²) in [4.78, 5) is 15.1. The summed E-state index contributed by atoms with van der Waals surface area (Å²) in [5, 5.41) is 10.1. The number of fused-ring (bicyclic) bond motifs is 9. The Morgan fingerprint density at radius 3 is 1.55 bits per heavy atom. The Balaban J connectivity index is 1.16. The van der Waals surface area contributed by atoms with Gasteiger partial charge in [-0.25, -0.2) is 15.0 Å². The van der Waals surface area contributed by atoms with E-state index in [2.05, 4.69) is 127 Å². The average molecular weight is 642 g/mol. The first-order chi connectivity index (χ1) is 24.3. The largest absolute Gasteiger partial charge is 0.208 e. The van der Waals surface area contributed by atoms with Crippen LogP contribution >= 0.6 is 11.3 Å². The monoisotopic (exact) mass is 641 g/mol. The third kappa shape index (κ3) is 4.68. The lowest BCUT2D eigenvalue weighted by molar-refractivity contribution is 1.07. The van der Waals surface area contributed by atoms with Crippen LogP contribution < -0.4 is 0 Å². The number of hydrogen-bond donors (Lipinski definition) is 0. The van der Waals surface area contributed by atoms with Gasteiger partial charge in [-0.3, -0.25) is 0 Å². The Morgan fingerprint density at radius 1 is 0.306 bits per heavy atom. The summed E-state index contributed by atoms with van der Waals surface area (Å²) in [6.07, 6.45) is 0. The van der Waals surface area contributed by atoms with Crippen molar-refractivity contribution in [1.29, 1.82) is 0 Å². The maximum absolute atomic E-state index is 5.07. The standard InChI is InChI=1S/C45H27N3S/c1-3-9-28(10-4-1)29-15-20-33(21-16-29)44-46-43(32-11-5-2-6-12-32)47-45(48-44)35-23-25-36-34(27-35)22-19-30-17-18-31-24-26-39-42(41(31)40(30)36)37-13-7-8-14-38(37)49-39/h1-27H. The van der Waals surface area contributed by atoms with E-state index in [1.807, 2.05) is 47.7 Å². The minimum absolute atomic E-state index is 0.653. The van der Waals surface area contributed by atoms with Crippen molar-refractivity contribution in [2.75, 3.05) is 0 Å². The van der Waals surface area contributed by atoms with Gasteiger partial charge in [0, 0.05) is 36.9 Å². The number of rotatable bonds is 4. The third-order valence-electron chi connectivity index (χ3n) is 9.50. The van der Waals surface area contributed by atoms with E-state index >= 15 is 0 Å². The van der Waals surface area contributed by atoms with E-state index in [1.54, 1.807) is 0 Å². The van der Waals surface area contributed by atoms with Gasteiger partial charge in [0.2, 0.25) is 0 Å². The highest BCUT2D eigenvalue weighted by atomic mass is 32.1. The minimum atomic E-state index is 0.653. The molecule has 0 N–H and O–H groups in total. The number of hydrogen-bond acceptors (Lipinski definition) is 4. The fourth-order valence-electron chi connectivity index (χ4n) is 7.12. The van der Waals surface area contributed by atoms with Crippen LogP contribution in [0.4, 0.5) is 0 Å². The highest BCUT2D eigenvalue weighted by Gasteiger charge is 2.16. The SMILES string of the molecule is c1ccc(-c2ccc(-c3nc(-c4ccccc4)nc(-c4ccc5c(ccc6ccc7ccc8sc9ccccc9c8c7c65)c4)n3)cc2)cc1. The van der Waals surface area contributed by atoms with Crippen LogP contribution in [0, 0.1) is 0 Å². The smallest absolute Gasteiger partial charge is 0.164 e. The molecule has 0 unspecified atom stereocenters. The summed E-state index contributed by atoms with van der Waals surface area (Å²) >= 11 is 1.87. The van der Waals surface area contributed by atoms with Crippen molar-refractivity contribution in [2.24, 2.45) is 0 Å². The van der Waals surface area contributed by atoms with Crippen molar-refractivity contribution in [2.45, 2.75) is 0 Å². The van der Waals surface area contributed by atoms with Gasteiger partial charge in [-0.2, -0.15) is 0 Å². The maximum Gasteiger partial charge on any atom is 0.164 e. The van der Waals surface area contributed by atoms with Gasteiger partial charge in [0.1, 0.15) is 0 Å². The fraction of sp³-hybridized carbons (Fsp3) is 0. The van der Waals surface area contributed by atoms with E-state index in [4.69, 9.17) is 15.0 Å². The lowest BCUT2D eigenvalue weighted by atomic mass is 9.93. The van der Waals surface area contributed by atoms with Gasteiger partial charge in [0.05, 0.1) is 0 Å². The van der Waals surface area contributed by atoms with Gasteiger partial charge in [-0.15, -0.1) is 11.3 Å². The van der Waals surface area contributed by atoms with Crippen LogP contribution in [0.3, 0.4) is 0 Å². The van der Waals surface area contributed by atoms with Gasteiger partial charge in [0.15, 0.2) is 17.5 Å². The van der Waals surface area contributed by atoms with Crippen molar-refractivity contribution in [3.63, 3.8) is 0 Å². The van der Waals surface area contributed by atoms with Gasteiger partial charge >= 0.3 is 0 Å². The predicted octanol–water partition coefficient (Wildman–Crippen LogP) is 12.4. The lowest BCUT2D eigenvalue weighted by Gasteiger charge is -2.12. The molecule has 0 bridgehead atoms. The molecular weight excluding hydrogens is 615 g/mol. The van der Waals surface area contributed by atoms with Crippen molar-refractivity contribution in [1.82, 2.24) is 15.0 Å². The molecule has 10 rings (SSSR count). The molecule has 2 heterocycles. The van der Waals surface area contributed by atoms with E-state index in [0.29, 0.717) is 17.5 Å². The van der Waals surface area contributed by atoms with E-state index in [-0.39, 0.29) is 0 Å². The van der Waals surface area contributed by atoms with Crippen LogP contribution in [0.2, 0.25) is 0 Å². The van der Waals surface area contributed by atoms with Crippen molar-refractivity contribution in [3.05, 3.63) is 164 Å². The Bertz CT molecular complexity index is 2860. The second-order valence-electron chi connectivity index (χ2n) is 12.4.